The van der Waals surface area contributed by atoms with Crippen molar-refractivity contribution in [3.63, 3.8) is 0 Å². The van der Waals surface area contributed by atoms with Gasteiger partial charge in [-0.2, -0.15) is 0 Å². The number of aldehydes is 1. The molecule has 48 heavy (non-hydrogen) atoms. The molecule has 4 saturated carbocycles. The molecule has 5 unspecified atom stereocenters. The number of carbonyl (C=O) groups is 2. The van der Waals surface area contributed by atoms with Crippen LogP contribution < -0.4 is 0 Å². The largest absolute Gasteiger partial charge is 0.458 e. The van der Waals surface area contributed by atoms with Gasteiger partial charge in [0.25, 0.3) is 0 Å². The molecule has 0 aromatic heterocycles. The van der Waals surface area contributed by atoms with E-state index in [4.69, 9.17) is 23.7 Å². The number of esters is 1. The third-order valence-electron chi connectivity index (χ3n) is 14.4. The Labute approximate surface area is 283 Å². The zero-order valence-electron chi connectivity index (χ0n) is 28.6. The van der Waals surface area contributed by atoms with E-state index in [1.807, 2.05) is 25.1 Å². The SMILES string of the molecule is CCC1(Cc2ccccc2)OC2C[C@H](O[C@@H]3CC[C@]4(C=O)C5CC[C@]6(C)[C@@H](C7=CC(=O)OC7)CC[C@]6(O)C5CC[C@]4(O)C3)OC(C)[C@H]2O1. The van der Waals surface area contributed by atoms with Gasteiger partial charge in [-0.1, -0.05) is 44.2 Å². The zero-order valence-corrected chi connectivity index (χ0v) is 28.6. The van der Waals surface area contributed by atoms with Crippen molar-refractivity contribution < 1.29 is 43.5 Å². The number of hydrogen-bond acceptors (Lipinski definition) is 9. The molecule has 0 spiro atoms. The van der Waals surface area contributed by atoms with E-state index in [1.165, 1.54) is 5.56 Å². The van der Waals surface area contributed by atoms with Gasteiger partial charge in [-0.25, -0.2) is 4.79 Å². The van der Waals surface area contributed by atoms with Gasteiger partial charge in [0, 0.05) is 30.8 Å². The number of benzene rings is 1. The van der Waals surface area contributed by atoms with Crippen LogP contribution in [-0.4, -0.2) is 76.8 Å². The van der Waals surface area contributed by atoms with Crippen LogP contribution in [0.4, 0.5) is 0 Å². The van der Waals surface area contributed by atoms with Crippen LogP contribution in [0.2, 0.25) is 0 Å². The fraction of sp³-hybridized carbons (Fsp3) is 0.744. The molecule has 8 rings (SSSR count). The highest BCUT2D eigenvalue weighted by Crippen LogP contribution is 2.70. The van der Waals surface area contributed by atoms with Crippen LogP contribution in [0.15, 0.2) is 42.0 Å². The second kappa shape index (κ2) is 11.7. The van der Waals surface area contributed by atoms with Crippen LogP contribution in [-0.2, 0) is 39.7 Å². The van der Waals surface area contributed by atoms with Gasteiger partial charge in [-0.3, -0.25) is 0 Å². The normalized spacial score (nSPS) is 49.7. The summed E-state index contributed by atoms with van der Waals surface area (Å²) in [5.74, 6) is -1.11. The second-order valence-electron chi connectivity index (χ2n) is 16.4. The van der Waals surface area contributed by atoms with Gasteiger partial charge in [0.1, 0.15) is 19.0 Å². The Hall–Kier alpha value is -2.14. The third-order valence-corrected chi connectivity index (χ3v) is 14.4. The number of fused-ring (bicyclic) bond motifs is 6. The fourth-order valence-electron chi connectivity index (χ4n) is 11.9. The van der Waals surface area contributed by atoms with Crippen LogP contribution in [0.25, 0.3) is 0 Å². The summed E-state index contributed by atoms with van der Waals surface area (Å²) in [6.45, 7) is 6.59. The molecule has 13 atom stereocenters. The Balaban J connectivity index is 0.954. The van der Waals surface area contributed by atoms with Crippen LogP contribution in [0.1, 0.15) is 97.0 Å². The first-order valence-corrected chi connectivity index (χ1v) is 18.5. The van der Waals surface area contributed by atoms with Crippen molar-refractivity contribution in [3.8, 4) is 0 Å². The number of cyclic esters (lactones) is 1. The number of aliphatic hydroxyl groups is 2. The van der Waals surface area contributed by atoms with Crippen LogP contribution in [0.3, 0.4) is 0 Å². The summed E-state index contributed by atoms with van der Waals surface area (Å²) in [6.07, 6.45) is 8.87. The molecule has 3 aliphatic heterocycles. The molecule has 3 heterocycles. The molecule has 2 N–H and O–H groups in total. The minimum atomic E-state index is -1.21. The predicted octanol–water partition coefficient (Wildman–Crippen LogP) is 5.19. The fourth-order valence-corrected chi connectivity index (χ4v) is 11.9. The monoisotopic (exact) mass is 664 g/mol. The molecule has 1 aromatic rings. The number of ether oxygens (including phenoxy) is 5. The van der Waals surface area contributed by atoms with E-state index in [0.717, 1.165) is 37.5 Å². The van der Waals surface area contributed by atoms with Crippen molar-refractivity contribution in [3.05, 3.63) is 47.5 Å². The smallest absolute Gasteiger partial charge is 0.331 e. The summed E-state index contributed by atoms with van der Waals surface area (Å²) < 4.78 is 31.5. The molecule has 7 aliphatic rings. The van der Waals surface area contributed by atoms with Crippen molar-refractivity contribution in [1.29, 1.82) is 0 Å². The van der Waals surface area contributed by atoms with Gasteiger partial charge in [0.15, 0.2) is 12.1 Å². The van der Waals surface area contributed by atoms with Gasteiger partial charge < -0.3 is 38.7 Å². The zero-order chi connectivity index (χ0) is 33.5. The highest BCUT2D eigenvalue weighted by atomic mass is 16.8. The predicted molar refractivity (Wildman–Crippen MR) is 174 cm³/mol. The minimum Gasteiger partial charge on any atom is -0.458 e. The highest BCUT2D eigenvalue weighted by molar-refractivity contribution is 5.85. The topological polar surface area (TPSA) is 121 Å². The van der Waals surface area contributed by atoms with Crippen molar-refractivity contribution in [2.24, 2.45) is 28.6 Å². The molecule has 0 amide bonds. The molecule has 1 aromatic carbocycles. The standard InChI is InChI=1S/C39H52O9/c1-4-38(20-25-8-6-5-7-9-25)47-31-19-33(45-24(2)34(31)48-38)46-27-10-15-36(23-40)29-11-14-35(3)28(26-18-32(41)44-22-26)13-17-39(35,43)30(29)12-16-37(36,42)21-27/h5-9,18,23-24,27-31,33-34,42-43H,4,10-17,19-22H2,1-3H3/t24?,27-,28-,29?,30?,31?,33+,34-,35-,36+,37+,38?,39+/m1/s1. The lowest BCUT2D eigenvalue weighted by atomic mass is 9.41. The summed E-state index contributed by atoms with van der Waals surface area (Å²) in [6, 6.07) is 10.3. The van der Waals surface area contributed by atoms with Crippen molar-refractivity contribution in [2.45, 2.75) is 146 Å². The highest BCUT2D eigenvalue weighted by Gasteiger charge is 2.71. The summed E-state index contributed by atoms with van der Waals surface area (Å²) >= 11 is 0. The Kier molecular flexibility index (Phi) is 8.06. The van der Waals surface area contributed by atoms with Crippen molar-refractivity contribution in [1.82, 2.24) is 0 Å². The first-order valence-electron chi connectivity index (χ1n) is 18.5. The molecule has 4 aliphatic carbocycles. The average Bonchev–Trinajstić information content (AvgIpc) is 3.74. The summed E-state index contributed by atoms with van der Waals surface area (Å²) in [5, 5.41) is 25.0. The Morgan fingerprint density at radius 1 is 1.00 bits per heavy atom. The van der Waals surface area contributed by atoms with Gasteiger partial charge in [0.2, 0.25) is 0 Å². The number of carbonyl (C=O) groups excluding carboxylic acids is 2. The summed E-state index contributed by atoms with van der Waals surface area (Å²) in [4.78, 5) is 25.2. The van der Waals surface area contributed by atoms with Crippen LogP contribution >= 0.6 is 0 Å². The van der Waals surface area contributed by atoms with E-state index in [2.05, 4.69) is 26.0 Å². The van der Waals surface area contributed by atoms with Gasteiger partial charge >= 0.3 is 5.97 Å². The van der Waals surface area contributed by atoms with Crippen molar-refractivity contribution >= 4 is 12.3 Å². The Morgan fingerprint density at radius 2 is 1.79 bits per heavy atom. The second-order valence-corrected chi connectivity index (χ2v) is 16.4. The maximum atomic E-state index is 13.2. The molecular formula is C39H52O9. The first-order chi connectivity index (χ1) is 23.0. The van der Waals surface area contributed by atoms with E-state index in [1.54, 1.807) is 6.08 Å². The van der Waals surface area contributed by atoms with E-state index in [9.17, 15) is 19.8 Å². The number of rotatable bonds is 7. The van der Waals surface area contributed by atoms with Gasteiger partial charge in [-0.15, -0.1) is 0 Å². The van der Waals surface area contributed by atoms with E-state index < -0.39 is 34.1 Å². The quantitative estimate of drug-likeness (QED) is 0.231. The lowest BCUT2D eigenvalue weighted by Crippen LogP contribution is -2.69. The molecule has 6 fully saturated rings. The van der Waals surface area contributed by atoms with Crippen LogP contribution in [0.5, 0.6) is 0 Å². The van der Waals surface area contributed by atoms with Crippen LogP contribution in [0, 0.1) is 28.6 Å². The molecule has 262 valence electrons. The molecule has 9 nitrogen and oxygen atoms in total. The third kappa shape index (κ3) is 4.85. The maximum Gasteiger partial charge on any atom is 0.331 e. The van der Waals surface area contributed by atoms with E-state index in [0.29, 0.717) is 58.0 Å². The molecular weight excluding hydrogens is 612 g/mol. The molecule has 0 radical (unpaired) electrons. The average molecular weight is 665 g/mol. The Bertz CT molecular complexity index is 1450. The van der Waals surface area contributed by atoms with E-state index >= 15 is 0 Å². The number of hydrogen-bond donors (Lipinski definition) is 2. The van der Waals surface area contributed by atoms with Gasteiger partial charge in [-0.05, 0) is 93.6 Å². The van der Waals surface area contributed by atoms with Gasteiger partial charge in [0.05, 0.1) is 34.9 Å². The lowest BCUT2D eigenvalue weighted by Gasteiger charge is -2.65. The van der Waals surface area contributed by atoms with E-state index in [-0.39, 0.29) is 48.1 Å². The minimum absolute atomic E-state index is 0.0829. The summed E-state index contributed by atoms with van der Waals surface area (Å²) in [5.41, 5.74) is -1.34. The molecule has 2 saturated heterocycles. The summed E-state index contributed by atoms with van der Waals surface area (Å²) in [7, 11) is 0. The lowest BCUT2D eigenvalue weighted by molar-refractivity contribution is -0.278. The molecule has 9 heteroatoms. The first kappa shape index (κ1) is 33.0. The molecule has 0 bridgehead atoms. The maximum absolute atomic E-state index is 13.2. The Morgan fingerprint density at radius 3 is 2.52 bits per heavy atom. The van der Waals surface area contributed by atoms with Crippen molar-refractivity contribution in [2.75, 3.05) is 6.61 Å².